The van der Waals surface area contributed by atoms with Crippen LogP contribution in [-0.2, 0) is 20.0 Å². The van der Waals surface area contributed by atoms with Crippen LogP contribution in [0.15, 0.2) is 52.3 Å². The maximum atomic E-state index is 12.6. The predicted molar refractivity (Wildman–Crippen MR) is 100 cm³/mol. The van der Waals surface area contributed by atoms with E-state index in [1.54, 1.807) is 13.0 Å². The zero-order valence-corrected chi connectivity index (χ0v) is 16.3. The fourth-order valence-corrected chi connectivity index (χ4v) is 4.62. The van der Waals surface area contributed by atoms with Crippen LogP contribution >= 0.6 is 0 Å². The monoisotopic (exact) mass is 412 g/mol. The summed E-state index contributed by atoms with van der Waals surface area (Å²) in [6.07, 6.45) is 0.719. The van der Waals surface area contributed by atoms with Gasteiger partial charge < -0.3 is 9.47 Å². The normalized spacial score (nSPS) is 14.4. The van der Waals surface area contributed by atoms with Gasteiger partial charge in [-0.3, -0.25) is 4.72 Å². The highest BCUT2D eigenvalue weighted by Gasteiger charge is 2.19. The molecular weight excluding hydrogens is 392 g/mol. The molecular formula is C17H20N2O6S2. The van der Waals surface area contributed by atoms with Crippen LogP contribution < -0.4 is 18.9 Å². The van der Waals surface area contributed by atoms with Crippen LogP contribution in [0.25, 0.3) is 0 Å². The largest absolute Gasteiger partial charge is 0.490 e. The van der Waals surface area contributed by atoms with Gasteiger partial charge in [0.15, 0.2) is 11.5 Å². The molecule has 146 valence electrons. The Bertz CT molecular complexity index is 1020. The van der Waals surface area contributed by atoms with Crippen LogP contribution in [0.4, 0.5) is 5.69 Å². The zero-order chi connectivity index (χ0) is 19.5. The molecule has 10 heteroatoms. The number of nitrogens with one attached hydrogen (secondary N) is 2. The summed E-state index contributed by atoms with van der Waals surface area (Å²) in [5, 5.41) is 0. The van der Waals surface area contributed by atoms with E-state index >= 15 is 0 Å². The molecule has 0 radical (unpaired) electrons. The fraction of sp³-hybridized carbons (Fsp3) is 0.294. The van der Waals surface area contributed by atoms with E-state index in [0.29, 0.717) is 24.7 Å². The van der Waals surface area contributed by atoms with Gasteiger partial charge in [0, 0.05) is 24.7 Å². The summed E-state index contributed by atoms with van der Waals surface area (Å²) in [5.74, 6) is 0.881. The van der Waals surface area contributed by atoms with Gasteiger partial charge in [-0.15, -0.1) is 0 Å². The second-order valence-electron chi connectivity index (χ2n) is 5.79. The summed E-state index contributed by atoms with van der Waals surface area (Å²) in [5.41, 5.74) is 0.248. The number of fused-ring (bicyclic) bond motifs is 1. The van der Waals surface area contributed by atoms with Crippen molar-refractivity contribution in [3.05, 3.63) is 42.5 Å². The van der Waals surface area contributed by atoms with E-state index in [-0.39, 0.29) is 22.0 Å². The summed E-state index contributed by atoms with van der Waals surface area (Å²) in [6, 6.07) is 9.86. The first-order valence-corrected chi connectivity index (χ1v) is 11.3. The van der Waals surface area contributed by atoms with Gasteiger partial charge in [0.05, 0.1) is 23.0 Å². The number of hydrogen-bond donors (Lipinski definition) is 2. The smallest absolute Gasteiger partial charge is 0.262 e. The lowest BCUT2D eigenvalue weighted by Crippen LogP contribution is -2.23. The van der Waals surface area contributed by atoms with Crippen molar-refractivity contribution < 1.29 is 26.3 Å². The Labute approximate surface area is 158 Å². The summed E-state index contributed by atoms with van der Waals surface area (Å²) < 4.78 is 64.9. The summed E-state index contributed by atoms with van der Waals surface area (Å²) in [4.78, 5) is 0.0824. The van der Waals surface area contributed by atoms with Crippen molar-refractivity contribution >= 4 is 25.7 Å². The number of ether oxygens (including phenoxy) is 2. The van der Waals surface area contributed by atoms with E-state index in [0.717, 1.165) is 6.42 Å². The Morgan fingerprint density at radius 3 is 2.15 bits per heavy atom. The van der Waals surface area contributed by atoms with Crippen LogP contribution in [0.5, 0.6) is 11.5 Å². The Kier molecular flexibility index (Phi) is 5.59. The SMILES string of the molecule is CCNS(=O)(=O)c1ccc(NS(=O)(=O)c2ccc3c(c2)OCCCO3)cc1. The topological polar surface area (TPSA) is 111 Å². The van der Waals surface area contributed by atoms with E-state index in [9.17, 15) is 16.8 Å². The third-order valence-corrected chi connectivity index (χ3v) is 6.72. The van der Waals surface area contributed by atoms with Crippen molar-refractivity contribution in [3.63, 3.8) is 0 Å². The van der Waals surface area contributed by atoms with Gasteiger partial charge in [-0.25, -0.2) is 21.6 Å². The second kappa shape index (κ2) is 7.75. The quantitative estimate of drug-likeness (QED) is 0.750. The van der Waals surface area contributed by atoms with E-state index < -0.39 is 20.0 Å². The highest BCUT2D eigenvalue weighted by molar-refractivity contribution is 7.92. The number of rotatable bonds is 6. The van der Waals surface area contributed by atoms with Gasteiger partial charge in [0.2, 0.25) is 10.0 Å². The van der Waals surface area contributed by atoms with Gasteiger partial charge in [0.1, 0.15) is 0 Å². The average molecular weight is 412 g/mol. The molecule has 0 saturated carbocycles. The fourth-order valence-electron chi connectivity index (χ4n) is 2.50. The first kappa shape index (κ1) is 19.5. The number of sulfonamides is 2. The van der Waals surface area contributed by atoms with Crippen LogP contribution in [-0.4, -0.2) is 36.6 Å². The van der Waals surface area contributed by atoms with Crippen molar-refractivity contribution in [2.24, 2.45) is 0 Å². The molecule has 0 spiro atoms. The second-order valence-corrected chi connectivity index (χ2v) is 9.24. The number of hydrogen-bond acceptors (Lipinski definition) is 6. The first-order chi connectivity index (χ1) is 12.8. The lowest BCUT2D eigenvalue weighted by molar-refractivity contribution is 0.297. The Morgan fingerprint density at radius 1 is 0.852 bits per heavy atom. The molecule has 3 rings (SSSR count). The molecule has 0 atom stereocenters. The summed E-state index contributed by atoms with van der Waals surface area (Å²) >= 11 is 0. The third kappa shape index (κ3) is 4.52. The molecule has 0 aliphatic carbocycles. The Balaban J connectivity index is 1.81. The van der Waals surface area contributed by atoms with Gasteiger partial charge >= 0.3 is 0 Å². The highest BCUT2D eigenvalue weighted by atomic mass is 32.2. The molecule has 2 aromatic carbocycles. The van der Waals surface area contributed by atoms with E-state index in [1.807, 2.05) is 0 Å². The minimum absolute atomic E-state index is 0.0242. The van der Waals surface area contributed by atoms with Crippen molar-refractivity contribution in [1.82, 2.24) is 4.72 Å². The third-order valence-electron chi connectivity index (χ3n) is 3.78. The molecule has 1 aliphatic heterocycles. The lowest BCUT2D eigenvalue weighted by Gasteiger charge is -2.12. The molecule has 1 aliphatic rings. The van der Waals surface area contributed by atoms with Crippen LogP contribution in [0.1, 0.15) is 13.3 Å². The van der Waals surface area contributed by atoms with Gasteiger partial charge in [-0.1, -0.05) is 6.92 Å². The molecule has 0 fully saturated rings. The molecule has 1 heterocycles. The van der Waals surface area contributed by atoms with Gasteiger partial charge in [-0.2, -0.15) is 0 Å². The number of anilines is 1. The highest BCUT2D eigenvalue weighted by Crippen LogP contribution is 2.32. The standard InChI is InChI=1S/C17H20N2O6S2/c1-2-18-26(20,21)14-6-4-13(5-7-14)19-27(22,23)15-8-9-16-17(12-15)25-11-3-10-24-16/h4-9,12,18-19H,2-3,10-11H2,1H3. The molecule has 2 N–H and O–H groups in total. The van der Waals surface area contributed by atoms with Crippen LogP contribution in [0, 0.1) is 0 Å². The van der Waals surface area contributed by atoms with Gasteiger partial charge in [-0.05, 0) is 36.4 Å². The van der Waals surface area contributed by atoms with Crippen LogP contribution in [0.3, 0.4) is 0 Å². The summed E-state index contributed by atoms with van der Waals surface area (Å²) in [6.45, 7) is 2.90. The lowest BCUT2D eigenvalue weighted by atomic mass is 10.3. The predicted octanol–water partition coefficient (Wildman–Crippen LogP) is 1.95. The van der Waals surface area contributed by atoms with E-state index in [4.69, 9.17) is 9.47 Å². The van der Waals surface area contributed by atoms with E-state index in [2.05, 4.69) is 9.44 Å². The maximum Gasteiger partial charge on any atom is 0.262 e. The molecule has 8 nitrogen and oxygen atoms in total. The van der Waals surface area contributed by atoms with Crippen LogP contribution in [0.2, 0.25) is 0 Å². The molecule has 0 amide bonds. The minimum atomic E-state index is -3.87. The summed E-state index contributed by atoms with van der Waals surface area (Å²) in [7, 11) is -7.46. The molecule has 0 unspecified atom stereocenters. The average Bonchev–Trinajstić information content (AvgIpc) is 2.86. The van der Waals surface area contributed by atoms with Crippen molar-refractivity contribution in [2.45, 2.75) is 23.1 Å². The molecule has 0 saturated heterocycles. The Morgan fingerprint density at radius 2 is 1.48 bits per heavy atom. The Hall–Kier alpha value is -2.30. The molecule has 0 bridgehead atoms. The van der Waals surface area contributed by atoms with Crippen molar-refractivity contribution in [1.29, 1.82) is 0 Å². The zero-order valence-electron chi connectivity index (χ0n) is 14.6. The number of benzene rings is 2. The van der Waals surface area contributed by atoms with Gasteiger partial charge in [0.25, 0.3) is 10.0 Å². The first-order valence-electron chi connectivity index (χ1n) is 8.34. The maximum absolute atomic E-state index is 12.6. The molecule has 27 heavy (non-hydrogen) atoms. The molecule has 2 aromatic rings. The van der Waals surface area contributed by atoms with E-state index in [1.165, 1.54) is 36.4 Å². The molecule has 0 aromatic heterocycles. The van der Waals surface area contributed by atoms with Crippen molar-refractivity contribution in [2.75, 3.05) is 24.5 Å². The van der Waals surface area contributed by atoms with Crippen molar-refractivity contribution in [3.8, 4) is 11.5 Å². The minimum Gasteiger partial charge on any atom is -0.490 e.